The molecule has 0 fully saturated rings. The topological polar surface area (TPSA) is 15.4 Å². The SMILES string of the molecule is CC1=NC=[N+](C)CCC/C=C\C=C/1. The molecule has 0 aromatic carbocycles. The highest BCUT2D eigenvalue weighted by Crippen LogP contribution is 1.93. The van der Waals surface area contributed by atoms with E-state index >= 15 is 0 Å². The Balaban J connectivity index is 2.72. The molecular weight excluding hydrogens is 160 g/mol. The van der Waals surface area contributed by atoms with E-state index < -0.39 is 0 Å². The summed E-state index contributed by atoms with van der Waals surface area (Å²) in [5.41, 5.74) is 1.04. The number of rotatable bonds is 0. The minimum Gasteiger partial charge on any atom is -0.267 e. The molecule has 0 bridgehead atoms. The van der Waals surface area contributed by atoms with Crippen molar-refractivity contribution >= 4 is 12.1 Å². The van der Waals surface area contributed by atoms with Gasteiger partial charge in [-0.05, 0) is 18.9 Å². The third kappa shape index (κ3) is 4.41. The molecule has 0 radical (unpaired) electrons. The van der Waals surface area contributed by atoms with E-state index in [2.05, 4.69) is 28.8 Å². The average Bonchev–Trinajstić information content (AvgIpc) is 2.15. The second-order valence-electron chi connectivity index (χ2n) is 3.30. The van der Waals surface area contributed by atoms with Gasteiger partial charge in [0.15, 0.2) is 0 Å². The van der Waals surface area contributed by atoms with Gasteiger partial charge in [0, 0.05) is 6.92 Å². The van der Waals surface area contributed by atoms with Crippen molar-refractivity contribution < 1.29 is 4.58 Å². The summed E-state index contributed by atoms with van der Waals surface area (Å²) in [6.45, 7) is 3.08. The van der Waals surface area contributed by atoms with Gasteiger partial charge in [0.2, 0.25) is 0 Å². The van der Waals surface area contributed by atoms with Crippen molar-refractivity contribution in [2.24, 2.45) is 4.99 Å². The van der Waals surface area contributed by atoms with Gasteiger partial charge in [-0.25, -0.2) is 0 Å². The first kappa shape index (κ1) is 9.90. The minimum absolute atomic E-state index is 1.04. The minimum atomic E-state index is 1.04. The van der Waals surface area contributed by atoms with Crippen molar-refractivity contribution in [3.05, 3.63) is 24.3 Å². The van der Waals surface area contributed by atoms with Crippen LogP contribution in [-0.2, 0) is 0 Å². The molecule has 0 unspecified atom stereocenters. The van der Waals surface area contributed by atoms with Crippen LogP contribution in [0.3, 0.4) is 0 Å². The predicted octanol–water partition coefficient (Wildman–Crippen LogP) is 2.02. The summed E-state index contributed by atoms with van der Waals surface area (Å²) in [7, 11) is 2.06. The average molecular weight is 177 g/mol. The van der Waals surface area contributed by atoms with Crippen LogP contribution in [0, 0.1) is 0 Å². The van der Waals surface area contributed by atoms with E-state index in [1.54, 1.807) is 0 Å². The van der Waals surface area contributed by atoms with E-state index in [0.717, 1.165) is 18.7 Å². The van der Waals surface area contributed by atoms with Crippen LogP contribution in [-0.4, -0.2) is 30.2 Å². The Morgan fingerprint density at radius 3 is 3.08 bits per heavy atom. The van der Waals surface area contributed by atoms with Gasteiger partial charge in [-0.15, -0.1) is 0 Å². The standard InChI is InChI=1S/C11H17N2/c1-11-8-6-4-3-5-7-9-13(2)10-12-11/h3-4,6,8,10H,5,7,9H2,1-2H3/q+1/b4-3-,8-6-. The lowest BCUT2D eigenvalue weighted by molar-refractivity contribution is -0.493. The molecule has 0 N–H and O–H groups in total. The van der Waals surface area contributed by atoms with E-state index in [-0.39, 0.29) is 0 Å². The van der Waals surface area contributed by atoms with Crippen LogP contribution >= 0.6 is 0 Å². The smallest absolute Gasteiger partial charge is 0.267 e. The van der Waals surface area contributed by atoms with Gasteiger partial charge in [0.1, 0.15) is 5.71 Å². The Bertz CT molecular complexity index is 270. The van der Waals surface area contributed by atoms with Crippen LogP contribution in [0.5, 0.6) is 0 Å². The maximum Gasteiger partial charge on any atom is 0.281 e. The third-order valence-electron chi connectivity index (χ3n) is 1.92. The largest absolute Gasteiger partial charge is 0.281 e. The van der Waals surface area contributed by atoms with Gasteiger partial charge in [0.25, 0.3) is 6.34 Å². The van der Waals surface area contributed by atoms with Crippen molar-refractivity contribution in [3.8, 4) is 0 Å². The van der Waals surface area contributed by atoms with E-state index in [4.69, 9.17) is 0 Å². The fraction of sp³-hybridized carbons (Fsp3) is 0.455. The van der Waals surface area contributed by atoms with Crippen molar-refractivity contribution in [3.63, 3.8) is 0 Å². The lowest BCUT2D eigenvalue weighted by Crippen LogP contribution is -2.08. The van der Waals surface area contributed by atoms with Crippen LogP contribution in [0.2, 0.25) is 0 Å². The first-order chi connectivity index (χ1) is 6.29. The summed E-state index contributed by atoms with van der Waals surface area (Å²) in [4.78, 5) is 4.30. The number of nitrogens with zero attached hydrogens (tertiary/aromatic N) is 2. The molecule has 0 aromatic heterocycles. The normalized spacial score (nSPS) is 23.8. The zero-order chi connectivity index (χ0) is 9.52. The van der Waals surface area contributed by atoms with E-state index in [1.807, 2.05) is 25.4 Å². The Morgan fingerprint density at radius 2 is 2.23 bits per heavy atom. The molecule has 0 saturated heterocycles. The van der Waals surface area contributed by atoms with Crippen molar-refractivity contribution in [1.29, 1.82) is 0 Å². The molecule has 2 heteroatoms. The summed E-state index contributed by atoms with van der Waals surface area (Å²) < 4.78 is 2.12. The Morgan fingerprint density at radius 1 is 1.38 bits per heavy atom. The maximum atomic E-state index is 4.30. The molecule has 0 saturated carbocycles. The summed E-state index contributed by atoms with van der Waals surface area (Å²) in [5, 5.41) is 0. The number of allylic oxidation sites excluding steroid dienone is 4. The van der Waals surface area contributed by atoms with Crippen molar-refractivity contribution in [1.82, 2.24) is 0 Å². The van der Waals surface area contributed by atoms with Crippen molar-refractivity contribution in [2.45, 2.75) is 19.8 Å². The van der Waals surface area contributed by atoms with Gasteiger partial charge in [-0.2, -0.15) is 0 Å². The van der Waals surface area contributed by atoms with E-state index in [0.29, 0.717) is 0 Å². The summed E-state index contributed by atoms with van der Waals surface area (Å²) in [5.74, 6) is 0. The van der Waals surface area contributed by atoms with Crippen LogP contribution in [0.25, 0.3) is 0 Å². The Kier molecular flexibility index (Phi) is 4.16. The molecule has 0 aromatic rings. The lowest BCUT2D eigenvalue weighted by Gasteiger charge is -1.95. The first-order valence-electron chi connectivity index (χ1n) is 4.70. The van der Waals surface area contributed by atoms with Gasteiger partial charge < -0.3 is 0 Å². The number of hydrogen-bond acceptors (Lipinski definition) is 1. The zero-order valence-electron chi connectivity index (χ0n) is 8.40. The molecule has 0 spiro atoms. The molecule has 13 heavy (non-hydrogen) atoms. The zero-order valence-corrected chi connectivity index (χ0v) is 8.40. The highest BCUT2D eigenvalue weighted by Gasteiger charge is 1.94. The monoisotopic (exact) mass is 177 g/mol. The van der Waals surface area contributed by atoms with Gasteiger partial charge in [-0.1, -0.05) is 23.2 Å². The summed E-state index contributed by atoms with van der Waals surface area (Å²) in [6, 6.07) is 0. The van der Waals surface area contributed by atoms with Crippen LogP contribution in [0.4, 0.5) is 0 Å². The van der Waals surface area contributed by atoms with E-state index in [1.165, 1.54) is 6.42 Å². The predicted molar refractivity (Wildman–Crippen MR) is 57.7 cm³/mol. The highest BCUT2D eigenvalue weighted by atomic mass is 15.0. The van der Waals surface area contributed by atoms with Crippen LogP contribution in [0.15, 0.2) is 29.3 Å². The Labute approximate surface area is 80.0 Å². The summed E-state index contributed by atoms with van der Waals surface area (Å²) >= 11 is 0. The molecule has 1 aliphatic rings. The second-order valence-corrected chi connectivity index (χ2v) is 3.30. The van der Waals surface area contributed by atoms with Crippen LogP contribution < -0.4 is 0 Å². The first-order valence-corrected chi connectivity index (χ1v) is 4.70. The van der Waals surface area contributed by atoms with Crippen LogP contribution in [0.1, 0.15) is 19.8 Å². The van der Waals surface area contributed by atoms with Gasteiger partial charge >= 0.3 is 0 Å². The summed E-state index contributed by atoms with van der Waals surface area (Å²) in [6.07, 6.45) is 12.6. The molecule has 0 atom stereocenters. The quantitative estimate of drug-likeness (QED) is 0.503. The lowest BCUT2D eigenvalue weighted by atomic mass is 10.2. The molecule has 1 aliphatic heterocycles. The molecular formula is C11H17N2+. The number of aliphatic imine (C=N–C) groups is 1. The fourth-order valence-corrected chi connectivity index (χ4v) is 1.12. The Hall–Kier alpha value is -1.18. The fourth-order valence-electron chi connectivity index (χ4n) is 1.12. The highest BCUT2D eigenvalue weighted by molar-refractivity contribution is 5.96. The molecule has 70 valence electrons. The molecule has 0 aliphatic carbocycles. The third-order valence-corrected chi connectivity index (χ3v) is 1.92. The molecule has 2 nitrogen and oxygen atoms in total. The number of hydrogen-bond donors (Lipinski definition) is 0. The van der Waals surface area contributed by atoms with Crippen molar-refractivity contribution in [2.75, 3.05) is 13.6 Å². The second kappa shape index (κ2) is 5.46. The van der Waals surface area contributed by atoms with E-state index in [9.17, 15) is 0 Å². The molecule has 1 heterocycles. The molecule has 0 amide bonds. The van der Waals surface area contributed by atoms with Gasteiger partial charge in [-0.3, -0.25) is 4.58 Å². The van der Waals surface area contributed by atoms with Gasteiger partial charge in [0.05, 0.1) is 13.6 Å². The molecule has 1 rings (SSSR count). The maximum absolute atomic E-state index is 4.30.